The van der Waals surface area contributed by atoms with Gasteiger partial charge in [-0.15, -0.1) is 0 Å². The Morgan fingerprint density at radius 2 is 1.77 bits per heavy atom. The van der Waals surface area contributed by atoms with E-state index in [0.717, 1.165) is 57.4 Å². The zero-order valence-corrected chi connectivity index (χ0v) is 23.0. The molecule has 2 amide bonds. The summed E-state index contributed by atoms with van der Waals surface area (Å²) in [6.07, 6.45) is 2.88. The fourth-order valence-corrected chi connectivity index (χ4v) is 5.58. The average Bonchev–Trinajstić information content (AvgIpc) is 3.54. The first-order valence-electron chi connectivity index (χ1n) is 13.8. The van der Waals surface area contributed by atoms with Gasteiger partial charge in [-0.1, -0.05) is 55.5 Å². The first kappa shape index (κ1) is 25.5. The van der Waals surface area contributed by atoms with Crippen LogP contribution in [-0.2, 0) is 13.0 Å². The van der Waals surface area contributed by atoms with E-state index in [1.165, 1.54) is 0 Å². The number of fused-ring (bicyclic) bond motifs is 3. The van der Waals surface area contributed by atoms with Crippen molar-refractivity contribution >= 4 is 11.7 Å². The number of hydrogen-bond acceptors (Lipinski definition) is 3. The van der Waals surface area contributed by atoms with Crippen LogP contribution in [0.15, 0.2) is 97.2 Å². The minimum Gasteiger partial charge on any atom is -0.494 e. The Bertz CT molecular complexity index is 1650. The monoisotopic (exact) mass is 531 g/mol. The summed E-state index contributed by atoms with van der Waals surface area (Å²) in [4.78, 5) is 16.2. The maximum Gasteiger partial charge on any atom is 0.322 e. The van der Waals surface area contributed by atoms with Crippen LogP contribution in [0.4, 0.5) is 10.5 Å². The molecule has 6 rings (SSSR count). The van der Waals surface area contributed by atoms with Crippen molar-refractivity contribution < 1.29 is 9.53 Å². The highest BCUT2D eigenvalue weighted by Gasteiger charge is 2.36. The van der Waals surface area contributed by atoms with E-state index >= 15 is 0 Å². The quantitative estimate of drug-likeness (QED) is 0.255. The Balaban J connectivity index is 1.53. The van der Waals surface area contributed by atoms with Crippen molar-refractivity contribution in [2.45, 2.75) is 39.8 Å². The molecule has 1 aliphatic rings. The maximum absolute atomic E-state index is 14.3. The van der Waals surface area contributed by atoms with Gasteiger partial charge in [0, 0.05) is 17.4 Å². The van der Waals surface area contributed by atoms with E-state index in [1.54, 1.807) is 0 Å². The zero-order chi connectivity index (χ0) is 27.6. The van der Waals surface area contributed by atoms with E-state index in [1.807, 2.05) is 84.1 Å². The fraction of sp³-hybridized carbons (Fsp3) is 0.212. The van der Waals surface area contributed by atoms with Crippen molar-refractivity contribution in [3.63, 3.8) is 0 Å². The number of carbonyl (C=O) groups excluding carboxylic acids is 1. The maximum atomic E-state index is 14.3. The molecule has 5 aromatic rings. The summed E-state index contributed by atoms with van der Waals surface area (Å²) in [5.74, 6) is 1.72. The number of urea groups is 1. The van der Waals surface area contributed by atoms with E-state index in [9.17, 15) is 4.79 Å². The number of aryl methyl sites for hydroxylation is 2. The van der Waals surface area contributed by atoms with Gasteiger partial charge in [0.15, 0.2) is 0 Å². The lowest BCUT2D eigenvalue weighted by Gasteiger charge is -2.31. The van der Waals surface area contributed by atoms with Gasteiger partial charge in [-0.25, -0.2) is 9.48 Å². The molecule has 0 spiro atoms. The van der Waals surface area contributed by atoms with Crippen molar-refractivity contribution in [1.29, 1.82) is 0 Å². The normalized spacial score (nSPS) is 14.3. The molecular formula is C33H33N5O2. The minimum atomic E-state index is -0.361. The summed E-state index contributed by atoms with van der Waals surface area (Å²) in [5.41, 5.74) is 6.73. The fourth-order valence-electron chi connectivity index (χ4n) is 5.58. The third-order valence-electron chi connectivity index (χ3n) is 7.47. The van der Waals surface area contributed by atoms with Gasteiger partial charge in [-0.05, 0) is 73.9 Å². The Hall–Kier alpha value is -4.78. The van der Waals surface area contributed by atoms with Gasteiger partial charge in [0.1, 0.15) is 11.6 Å². The molecule has 1 unspecified atom stereocenters. The predicted octanol–water partition coefficient (Wildman–Crippen LogP) is 7.07. The van der Waals surface area contributed by atoms with Gasteiger partial charge in [-0.3, -0.25) is 0 Å². The predicted molar refractivity (Wildman–Crippen MR) is 157 cm³/mol. The highest BCUT2D eigenvalue weighted by atomic mass is 16.5. The van der Waals surface area contributed by atoms with E-state index in [-0.39, 0.29) is 12.1 Å². The molecule has 40 heavy (non-hydrogen) atoms. The third kappa shape index (κ3) is 4.53. The van der Waals surface area contributed by atoms with Crippen LogP contribution in [0.3, 0.4) is 0 Å². The molecule has 1 atom stereocenters. The number of nitrogens with zero attached hydrogens (tertiary/aromatic N) is 4. The lowest BCUT2D eigenvalue weighted by Crippen LogP contribution is -2.38. The van der Waals surface area contributed by atoms with Gasteiger partial charge in [0.2, 0.25) is 0 Å². The van der Waals surface area contributed by atoms with Gasteiger partial charge in [-0.2, -0.15) is 5.10 Å². The van der Waals surface area contributed by atoms with Gasteiger partial charge in [0.25, 0.3) is 0 Å². The van der Waals surface area contributed by atoms with Crippen molar-refractivity contribution in [1.82, 2.24) is 19.2 Å². The van der Waals surface area contributed by atoms with Crippen LogP contribution >= 0.6 is 0 Å². The smallest absolute Gasteiger partial charge is 0.322 e. The summed E-state index contributed by atoms with van der Waals surface area (Å²) < 4.78 is 10.0. The van der Waals surface area contributed by atoms with Crippen LogP contribution in [-0.4, -0.2) is 31.9 Å². The third-order valence-corrected chi connectivity index (χ3v) is 7.47. The standard InChI is InChI=1S/C33H33N5O2/c1-4-24-13-9-10-18-29(24)34-33(39)37-22-28-23(3)35-38(26-15-7-6-8-16-26)32(28)36-20-12-19-30(36)31(37)25-14-11-17-27(21-25)40-5-2/h6-21,31H,4-5,22H2,1-3H3,(H,34,39). The summed E-state index contributed by atoms with van der Waals surface area (Å²) in [6.45, 7) is 7.04. The molecule has 0 saturated heterocycles. The Kier molecular flexibility index (Phi) is 6.86. The molecule has 3 heterocycles. The number of aromatic nitrogens is 3. The minimum absolute atomic E-state index is 0.167. The highest BCUT2D eigenvalue weighted by Crippen LogP contribution is 2.39. The molecule has 0 aliphatic carbocycles. The number of nitrogens with one attached hydrogen (secondary N) is 1. The molecule has 0 bridgehead atoms. The van der Waals surface area contributed by atoms with Gasteiger partial charge < -0.3 is 19.5 Å². The number of ether oxygens (including phenoxy) is 1. The van der Waals surface area contributed by atoms with Gasteiger partial charge in [0.05, 0.1) is 36.3 Å². The van der Waals surface area contributed by atoms with Crippen LogP contribution in [0.25, 0.3) is 11.5 Å². The molecule has 7 heteroatoms. The van der Waals surface area contributed by atoms with E-state index in [4.69, 9.17) is 9.84 Å². The molecular weight excluding hydrogens is 498 g/mol. The number of amides is 2. The summed E-state index contributed by atoms with van der Waals surface area (Å²) in [6, 6.07) is 29.8. The number of carbonyl (C=O) groups is 1. The molecule has 0 fully saturated rings. The number of benzene rings is 3. The highest BCUT2D eigenvalue weighted by molar-refractivity contribution is 5.91. The largest absolute Gasteiger partial charge is 0.494 e. The first-order chi connectivity index (χ1) is 19.6. The van der Waals surface area contributed by atoms with E-state index in [0.29, 0.717) is 13.2 Å². The zero-order valence-electron chi connectivity index (χ0n) is 23.0. The van der Waals surface area contributed by atoms with Crippen molar-refractivity contribution in [3.05, 3.63) is 125 Å². The summed E-state index contributed by atoms with van der Waals surface area (Å²) in [7, 11) is 0. The molecule has 7 nitrogen and oxygen atoms in total. The van der Waals surface area contributed by atoms with Crippen molar-refractivity contribution in [3.8, 4) is 17.3 Å². The first-order valence-corrected chi connectivity index (χ1v) is 13.8. The van der Waals surface area contributed by atoms with Crippen LogP contribution in [0.5, 0.6) is 5.75 Å². The number of para-hydroxylation sites is 2. The number of hydrogen-bond donors (Lipinski definition) is 1. The number of rotatable bonds is 6. The van der Waals surface area contributed by atoms with Crippen LogP contribution in [0.1, 0.15) is 48.0 Å². The molecule has 1 N–H and O–H groups in total. The molecule has 1 aliphatic heterocycles. The summed E-state index contributed by atoms with van der Waals surface area (Å²) >= 11 is 0. The summed E-state index contributed by atoms with van der Waals surface area (Å²) in [5, 5.41) is 8.17. The second kappa shape index (κ2) is 10.8. The second-order valence-corrected chi connectivity index (χ2v) is 9.91. The van der Waals surface area contributed by atoms with Crippen LogP contribution in [0, 0.1) is 6.92 Å². The van der Waals surface area contributed by atoms with Crippen molar-refractivity contribution in [2.75, 3.05) is 11.9 Å². The Labute approximate surface area is 234 Å². The lowest BCUT2D eigenvalue weighted by atomic mass is 10.0. The SMILES string of the molecule is CCOc1cccc(C2c3cccn3-c3c(c(C)nn3-c3ccccc3)CN2C(=O)Nc2ccccc2CC)c1. The topological polar surface area (TPSA) is 64.3 Å². The second-order valence-electron chi connectivity index (χ2n) is 9.91. The lowest BCUT2D eigenvalue weighted by molar-refractivity contribution is 0.194. The van der Waals surface area contributed by atoms with Crippen molar-refractivity contribution in [2.24, 2.45) is 0 Å². The molecule has 0 radical (unpaired) electrons. The molecule has 2 aromatic heterocycles. The number of anilines is 1. The van der Waals surface area contributed by atoms with E-state index in [2.05, 4.69) is 53.3 Å². The van der Waals surface area contributed by atoms with Crippen LogP contribution < -0.4 is 10.1 Å². The van der Waals surface area contributed by atoms with E-state index < -0.39 is 0 Å². The van der Waals surface area contributed by atoms with Crippen LogP contribution in [0.2, 0.25) is 0 Å². The molecule has 202 valence electrons. The van der Waals surface area contributed by atoms with Gasteiger partial charge >= 0.3 is 6.03 Å². The Morgan fingerprint density at radius 3 is 2.58 bits per heavy atom. The molecule has 0 saturated carbocycles. The Morgan fingerprint density at radius 1 is 0.975 bits per heavy atom. The molecule has 3 aromatic carbocycles. The average molecular weight is 532 g/mol.